The number of hydrogen-bond acceptors (Lipinski definition) is 11. The Balaban J connectivity index is 1.87. The average molecular weight is 648 g/mol. The number of hydrazone groups is 1. The van der Waals surface area contributed by atoms with Crippen LogP contribution in [0.4, 0.5) is 4.79 Å². The van der Waals surface area contributed by atoms with Crippen molar-refractivity contribution >= 4 is 51.2 Å². The molecule has 0 aliphatic heterocycles. The summed E-state index contributed by atoms with van der Waals surface area (Å²) in [4.78, 5) is 28.9. The highest BCUT2D eigenvalue weighted by Gasteiger charge is 2.26. The molecule has 232 valence electrons. The first-order valence-electron chi connectivity index (χ1n) is 13.3. The predicted molar refractivity (Wildman–Crippen MR) is 168 cm³/mol. The fourth-order valence-electron chi connectivity index (χ4n) is 3.92. The summed E-state index contributed by atoms with van der Waals surface area (Å²) in [5.74, 6) is -0.471. The van der Waals surface area contributed by atoms with E-state index in [1.807, 2.05) is 25.1 Å². The number of aromatic nitrogens is 1. The first-order valence-corrected chi connectivity index (χ1v) is 16.8. The first-order chi connectivity index (χ1) is 20.0. The highest BCUT2D eigenvalue weighted by atomic mass is 32.2. The highest BCUT2D eigenvalue weighted by molar-refractivity contribution is 8.01. The predicted octanol–water partition coefficient (Wildman–Crippen LogP) is 6.39. The molecule has 10 nitrogen and oxygen atoms in total. The van der Waals surface area contributed by atoms with Gasteiger partial charge in [0.2, 0.25) is 9.84 Å². The number of pyridine rings is 1. The molecule has 0 saturated carbocycles. The molecule has 3 rings (SSSR count). The normalized spacial score (nSPS) is 12.4. The van der Waals surface area contributed by atoms with Crippen LogP contribution in [0.2, 0.25) is 0 Å². The van der Waals surface area contributed by atoms with Crippen LogP contribution in [0.1, 0.15) is 57.5 Å². The van der Waals surface area contributed by atoms with Crippen LogP contribution in [0.15, 0.2) is 61.8 Å². The van der Waals surface area contributed by atoms with Gasteiger partial charge >= 0.3 is 12.1 Å². The van der Waals surface area contributed by atoms with Crippen LogP contribution >= 0.6 is 23.1 Å². The third kappa shape index (κ3) is 9.88. The van der Waals surface area contributed by atoms with Crippen molar-refractivity contribution < 1.29 is 32.2 Å². The SMILES string of the molecule is CSc1sc(C=NNC(=O)OC(C)(C)C)cc1S(=O)(=O)c1cncc(-c2c(C)cccc2COCC(=O)OC(C)(C)C)c1. The van der Waals surface area contributed by atoms with Crippen molar-refractivity contribution in [2.45, 2.75) is 80.3 Å². The molecule has 0 fully saturated rings. The van der Waals surface area contributed by atoms with Crippen molar-refractivity contribution in [3.63, 3.8) is 0 Å². The smallest absolute Gasteiger partial charge is 0.428 e. The number of esters is 1. The molecule has 13 heteroatoms. The summed E-state index contributed by atoms with van der Waals surface area (Å²) in [5, 5.41) is 3.90. The molecule has 0 aliphatic rings. The summed E-state index contributed by atoms with van der Waals surface area (Å²) in [7, 11) is -3.97. The Morgan fingerprint density at radius 3 is 2.42 bits per heavy atom. The zero-order chi connectivity index (χ0) is 32.0. The van der Waals surface area contributed by atoms with E-state index in [-0.39, 0.29) is 23.0 Å². The van der Waals surface area contributed by atoms with Crippen molar-refractivity contribution in [1.29, 1.82) is 0 Å². The molecule has 0 atom stereocenters. The molecule has 0 bridgehead atoms. The summed E-state index contributed by atoms with van der Waals surface area (Å²) < 4.78 is 44.3. The Morgan fingerprint density at radius 1 is 1.07 bits per heavy atom. The van der Waals surface area contributed by atoms with Gasteiger partial charge in [-0.2, -0.15) is 5.10 Å². The lowest BCUT2D eigenvalue weighted by atomic mass is 9.96. The van der Waals surface area contributed by atoms with Gasteiger partial charge in [0.15, 0.2) is 0 Å². The van der Waals surface area contributed by atoms with Crippen LogP contribution in [0.25, 0.3) is 11.1 Å². The third-order valence-corrected chi connectivity index (χ3v) is 9.68. The van der Waals surface area contributed by atoms with Crippen LogP contribution in [0, 0.1) is 6.92 Å². The number of amides is 1. The lowest BCUT2D eigenvalue weighted by molar-refractivity contribution is -0.160. The largest absolute Gasteiger partial charge is 0.458 e. The number of rotatable bonds is 10. The van der Waals surface area contributed by atoms with Gasteiger partial charge in [0.05, 0.1) is 26.8 Å². The molecule has 0 unspecified atom stereocenters. The number of ether oxygens (including phenoxy) is 3. The number of aryl methyl sites for hydroxylation is 1. The Morgan fingerprint density at radius 2 is 1.77 bits per heavy atom. The number of nitrogens with one attached hydrogen (secondary N) is 1. The van der Waals surface area contributed by atoms with Gasteiger partial charge in [-0.1, -0.05) is 18.2 Å². The Bertz CT molecular complexity index is 1600. The number of sulfone groups is 1. The topological polar surface area (TPSA) is 133 Å². The monoisotopic (exact) mass is 647 g/mol. The van der Waals surface area contributed by atoms with E-state index in [0.29, 0.717) is 14.6 Å². The van der Waals surface area contributed by atoms with E-state index < -0.39 is 33.1 Å². The second-order valence-electron chi connectivity index (χ2n) is 11.5. The maximum Gasteiger partial charge on any atom is 0.428 e. The molecule has 1 aromatic carbocycles. The second kappa shape index (κ2) is 14.0. The van der Waals surface area contributed by atoms with Gasteiger partial charge in [0.1, 0.15) is 17.8 Å². The van der Waals surface area contributed by atoms with Crippen molar-refractivity contribution in [3.05, 3.63) is 58.7 Å². The van der Waals surface area contributed by atoms with Gasteiger partial charge in [-0.25, -0.2) is 23.4 Å². The van der Waals surface area contributed by atoms with Gasteiger partial charge in [-0.3, -0.25) is 4.98 Å². The average Bonchev–Trinajstić information content (AvgIpc) is 3.31. The van der Waals surface area contributed by atoms with E-state index in [1.165, 1.54) is 41.6 Å². The molecular weight excluding hydrogens is 611 g/mol. The van der Waals surface area contributed by atoms with E-state index in [1.54, 1.807) is 60.1 Å². The number of thiophene rings is 1. The lowest BCUT2D eigenvalue weighted by Gasteiger charge is -2.19. The molecule has 0 saturated heterocycles. The molecule has 1 N–H and O–H groups in total. The zero-order valence-electron chi connectivity index (χ0n) is 25.5. The molecule has 0 aliphatic carbocycles. The molecular formula is C30H37N3O7S3. The quantitative estimate of drug-likeness (QED) is 0.115. The summed E-state index contributed by atoms with van der Waals surface area (Å²) in [6.07, 6.45) is 5.36. The fraction of sp³-hybridized carbons (Fsp3) is 0.400. The summed E-state index contributed by atoms with van der Waals surface area (Å²) in [6.45, 7) is 12.4. The first kappa shape index (κ1) is 34.2. The maximum atomic E-state index is 13.8. The van der Waals surface area contributed by atoms with Crippen molar-refractivity contribution in [3.8, 4) is 11.1 Å². The molecule has 2 heterocycles. The Labute approximate surface area is 261 Å². The van der Waals surface area contributed by atoms with E-state index in [9.17, 15) is 18.0 Å². The standard InChI is InChI=1S/C30H37N3O7S3/c1-19-10-9-11-20(17-38-18-25(34)39-29(2,3)4)26(19)21-12-23(16-31-14-21)43(36,37)24-13-22(42-27(24)41-8)15-32-33-28(35)40-30(5,6)7/h9-16H,17-18H2,1-8H3,(H,33,35). The molecule has 43 heavy (non-hydrogen) atoms. The van der Waals surface area contributed by atoms with Gasteiger partial charge < -0.3 is 14.2 Å². The summed E-state index contributed by atoms with van der Waals surface area (Å²) in [6, 6.07) is 8.75. The van der Waals surface area contributed by atoms with Crippen molar-refractivity contribution in [1.82, 2.24) is 10.4 Å². The number of carbonyl (C=O) groups is 2. The van der Waals surface area contributed by atoms with Crippen LogP contribution in [-0.2, 0) is 35.4 Å². The number of nitrogens with zero attached hydrogens (tertiary/aromatic N) is 2. The minimum Gasteiger partial charge on any atom is -0.458 e. The lowest BCUT2D eigenvalue weighted by Crippen LogP contribution is -2.29. The van der Waals surface area contributed by atoms with E-state index >= 15 is 0 Å². The van der Waals surface area contributed by atoms with Crippen LogP contribution in [0.5, 0.6) is 0 Å². The number of thioether (sulfide) groups is 1. The Kier molecular flexibility index (Phi) is 11.2. The minimum absolute atomic E-state index is 0.0253. The van der Waals surface area contributed by atoms with E-state index in [0.717, 1.165) is 16.7 Å². The fourth-order valence-corrected chi connectivity index (χ4v) is 7.81. The third-order valence-electron chi connectivity index (χ3n) is 5.48. The number of hydrogen-bond donors (Lipinski definition) is 1. The minimum atomic E-state index is -3.97. The molecule has 2 aromatic heterocycles. The van der Waals surface area contributed by atoms with Crippen molar-refractivity contribution in [2.75, 3.05) is 12.9 Å². The van der Waals surface area contributed by atoms with Crippen LogP contribution < -0.4 is 5.43 Å². The van der Waals surface area contributed by atoms with E-state index in [2.05, 4.69) is 15.5 Å². The highest BCUT2D eigenvalue weighted by Crippen LogP contribution is 2.37. The summed E-state index contributed by atoms with van der Waals surface area (Å²) in [5.41, 5.74) is 4.03. The van der Waals surface area contributed by atoms with Gasteiger partial charge in [0.25, 0.3) is 0 Å². The second-order valence-corrected chi connectivity index (χ2v) is 15.6. The van der Waals surface area contributed by atoms with Gasteiger partial charge in [0, 0.05) is 22.8 Å². The summed E-state index contributed by atoms with van der Waals surface area (Å²) >= 11 is 2.53. The van der Waals surface area contributed by atoms with Crippen LogP contribution in [0.3, 0.4) is 0 Å². The van der Waals surface area contributed by atoms with E-state index in [4.69, 9.17) is 14.2 Å². The van der Waals surface area contributed by atoms with Crippen LogP contribution in [-0.4, -0.2) is 55.7 Å². The molecule has 3 aromatic rings. The van der Waals surface area contributed by atoms with Gasteiger partial charge in [-0.15, -0.1) is 23.1 Å². The molecule has 0 spiro atoms. The molecule has 0 radical (unpaired) electrons. The van der Waals surface area contributed by atoms with Crippen molar-refractivity contribution in [2.24, 2.45) is 5.10 Å². The number of carbonyl (C=O) groups excluding carboxylic acids is 2. The maximum absolute atomic E-state index is 13.8. The zero-order valence-corrected chi connectivity index (χ0v) is 28.0. The Hall–Kier alpha value is -3.26. The molecule has 1 amide bonds. The van der Waals surface area contributed by atoms with Gasteiger partial charge in [-0.05, 0) is 83.5 Å². The number of benzene rings is 1.